The van der Waals surface area contributed by atoms with Crippen LogP contribution in [0.3, 0.4) is 0 Å². The summed E-state index contributed by atoms with van der Waals surface area (Å²) < 4.78 is 4.96. The summed E-state index contributed by atoms with van der Waals surface area (Å²) in [5, 5.41) is 0. The van der Waals surface area contributed by atoms with E-state index >= 15 is 0 Å². The van der Waals surface area contributed by atoms with E-state index in [2.05, 4.69) is 0 Å². The highest BCUT2D eigenvalue weighted by Crippen LogP contribution is 2.65. The van der Waals surface area contributed by atoms with Crippen molar-refractivity contribution in [3.8, 4) is 0 Å². The first-order chi connectivity index (χ1) is 5.77. The molecule has 0 N–H and O–H groups in total. The molecule has 0 amide bonds. The van der Waals surface area contributed by atoms with Crippen molar-refractivity contribution in [3.63, 3.8) is 0 Å². The third-order valence-corrected chi connectivity index (χ3v) is 3.39. The van der Waals surface area contributed by atoms with Crippen LogP contribution in [0.25, 0.3) is 0 Å². The van der Waals surface area contributed by atoms with Crippen molar-refractivity contribution in [2.45, 2.75) is 39.0 Å². The summed E-state index contributed by atoms with van der Waals surface area (Å²) in [5.74, 6) is 0.879. The van der Waals surface area contributed by atoms with E-state index in [1.54, 1.807) is 0 Å². The van der Waals surface area contributed by atoms with Crippen molar-refractivity contribution >= 4 is 5.97 Å². The number of ether oxygens (including phenoxy) is 1. The second-order valence-corrected chi connectivity index (χ2v) is 4.14. The first-order valence-corrected chi connectivity index (χ1v) is 4.92. The topological polar surface area (TPSA) is 26.3 Å². The molecule has 12 heavy (non-hydrogen) atoms. The molecule has 68 valence electrons. The molecule has 0 unspecified atom stereocenters. The zero-order valence-electron chi connectivity index (χ0n) is 7.64. The first-order valence-electron chi connectivity index (χ1n) is 4.92. The number of hydrogen-bond acceptors (Lipinski definition) is 2. The van der Waals surface area contributed by atoms with Crippen LogP contribution in [0.1, 0.15) is 39.0 Å². The van der Waals surface area contributed by atoms with Crippen LogP contribution in [0.5, 0.6) is 0 Å². The Hall–Kier alpha value is -0.530. The second-order valence-electron chi connectivity index (χ2n) is 4.14. The molecule has 0 heterocycles. The van der Waals surface area contributed by atoms with E-state index in [0.29, 0.717) is 18.4 Å². The lowest BCUT2D eigenvalue weighted by atomic mass is 10.00. The summed E-state index contributed by atoms with van der Waals surface area (Å²) in [5.41, 5.74) is 0.409. The van der Waals surface area contributed by atoms with Gasteiger partial charge in [-0.3, -0.25) is 4.79 Å². The Balaban J connectivity index is 1.83. The van der Waals surface area contributed by atoms with E-state index in [9.17, 15) is 4.79 Å². The first kappa shape index (κ1) is 8.09. The fourth-order valence-corrected chi connectivity index (χ4v) is 2.65. The molecule has 2 heteroatoms. The van der Waals surface area contributed by atoms with E-state index in [-0.39, 0.29) is 5.97 Å². The van der Waals surface area contributed by atoms with Crippen LogP contribution in [-0.2, 0) is 9.53 Å². The third kappa shape index (κ3) is 1.23. The van der Waals surface area contributed by atoms with Crippen LogP contribution in [-0.4, -0.2) is 12.6 Å². The molecule has 2 rings (SSSR count). The molecule has 0 aliphatic heterocycles. The van der Waals surface area contributed by atoms with Gasteiger partial charge in [0, 0.05) is 0 Å². The SMILES string of the molecule is CCOC(=O)C[C@]12CCC[C@H]1C2. The number of fused-ring (bicyclic) bond motifs is 1. The molecule has 2 fully saturated rings. The minimum atomic E-state index is 0.0156. The van der Waals surface area contributed by atoms with Gasteiger partial charge in [-0.1, -0.05) is 6.42 Å². The van der Waals surface area contributed by atoms with Crippen molar-refractivity contribution in [1.82, 2.24) is 0 Å². The maximum Gasteiger partial charge on any atom is 0.306 e. The maximum absolute atomic E-state index is 11.2. The quantitative estimate of drug-likeness (QED) is 0.603. The largest absolute Gasteiger partial charge is 0.466 e. The summed E-state index contributed by atoms with van der Waals surface area (Å²) in [4.78, 5) is 11.2. The summed E-state index contributed by atoms with van der Waals surface area (Å²) >= 11 is 0. The van der Waals surface area contributed by atoms with E-state index in [1.165, 1.54) is 25.7 Å². The monoisotopic (exact) mass is 168 g/mol. The predicted octanol–water partition coefficient (Wildman–Crippen LogP) is 2.13. The number of esters is 1. The molecule has 0 spiro atoms. The van der Waals surface area contributed by atoms with Crippen LogP contribution in [0, 0.1) is 11.3 Å². The Morgan fingerprint density at radius 1 is 1.67 bits per heavy atom. The Morgan fingerprint density at radius 2 is 2.50 bits per heavy atom. The Labute approximate surface area is 73.3 Å². The molecule has 2 saturated carbocycles. The van der Waals surface area contributed by atoms with Crippen LogP contribution in [0.15, 0.2) is 0 Å². The lowest BCUT2D eigenvalue weighted by molar-refractivity contribution is -0.144. The normalized spacial score (nSPS) is 37.6. The fourth-order valence-electron chi connectivity index (χ4n) is 2.65. The molecule has 0 saturated heterocycles. The zero-order valence-corrected chi connectivity index (χ0v) is 7.64. The van der Waals surface area contributed by atoms with Gasteiger partial charge >= 0.3 is 5.97 Å². The van der Waals surface area contributed by atoms with Crippen molar-refractivity contribution in [2.75, 3.05) is 6.61 Å². The van der Waals surface area contributed by atoms with E-state index in [0.717, 1.165) is 5.92 Å². The molecule has 2 aliphatic carbocycles. The molecule has 2 atom stereocenters. The second kappa shape index (κ2) is 2.75. The van der Waals surface area contributed by atoms with Gasteiger partial charge in [-0.2, -0.15) is 0 Å². The summed E-state index contributed by atoms with van der Waals surface area (Å²) in [6.07, 6.45) is 5.90. The van der Waals surface area contributed by atoms with Gasteiger partial charge in [0.05, 0.1) is 13.0 Å². The third-order valence-electron chi connectivity index (χ3n) is 3.39. The van der Waals surface area contributed by atoms with E-state index < -0.39 is 0 Å². The van der Waals surface area contributed by atoms with Crippen molar-refractivity contribution < 1.29 is 9.53 Å². The Morgan fingerprint density at radius 3 is 3.00 bits per heavy atom. The Kier molecular flexibility index (Phi) is 1.85. The lowest BCUT2D eigenvalue weighted by Crippen LogP contribution is -2.11. The minimum absolute atomic E-state index is 0.0156. The molecule has 0 bridgehead atoms. The number of carbonyl (C=O) groups is 1. The maximum atomic E-state index is 11.2. The fraction of sp³-hybridized carbons (Fsp3) is 0.900. The zero-order chi connectivity index (χ0) is 8.60. The number of carbonyl (C=O) groups excluding carboxylic acids is 1. The molecule has 2 aliphatic rings. The van der Waals surface area contributed by atoms with Gasteiger partial charge in [0.2, 0.25) is 0 Å². The van der Waals surface area contributed by atoms with Gasteiger partial charge < -0.3 is 4.74 Å². The molecule has 0 radical (unpaired) electrons. The van der Waals surface area contributed by atoms with E-state index in [4.69, 9.17) is 4.74 Å². The van der Waals surface area contributed by atoms with Gasteiger partial charge in [-0.15, -0.1) is 0 Å². The number of rotatable bonds is 3. The van der Waals surface area contributed by atoms with Gasteiger partial charge in [0.1, 0.15) is 0 Å². The van der Waals surface area contributed by atoms with Gasteiger partial charge in [0.15, 0.2) is 0 Å². The van der Waals surface area contributed by atoms with Crippen LogP contribution in [0.4, 0.5) is 0 Å². The molecule has 0 aromatic heterocycles. The van der Waals surface area contributed by atoms with Gasteiger partial charge in [-0.05, 0) is 37.5 Å². The Bertz CT molecular complexity index is 200. The van der Waals surface area contributed by atoms with Gasteiger partial charge in [-0.25, -0.2) is 0 Å². The smallest absolute Gasteiger partial charge is 0.306 e. The summed E-state index contributed by atoms with van der Waals surface area (Å²) in [6, 6.07) is 0. The molecular formula is C10H16O2. The minimum Gasteiger partial charge on any atom is -0.466 e. The van der Waals surface area contributed by atoms with E-state index in [1.807, 2.05) is 6.92 Å². The van der Waals surface area contributed by atoms with Crippen LogP contribution >= 0.6 is 0 Å². The van der Waals surface area contributed by atoms with Crippen molar-refractivity contribution in [1.29, 1.82) is 0 Å². The highest BCUT2D eigenvalue weighted by molar-refractivity contribution is 5.71. The van der Waals surface area contributed by atoms with Crippen LogP contribution in [0.2, 0.25) is 0 Å². The molecular weight excluding hydrogens is 152 g/mol. The predicted molar refractivity (Wildman–Crippen MR) is 45.6 cm³/mol. The summed E-state index contributed by atoms with van der Waals surface area (Å²) in [7, 11) is 0. The van der Waals surface area contributed by atoms with Gasteiger partial charge in [0.25, 0.3) is 0 Å². The van der Waals surface area contributed by atoms with Crippen molar-refractivity contribution in [3.05, 3.63) is 0 Å². The average molecular weight is 168 g/mol. The summed E-state index contributed by atoms with van der Waals surface area (Å²) in [6.45, 7) is 2.40. The van der Waals surface area contributed by atoms with Crippen LogP contribution < -0.4 is 0 Å². The average Bonchev–Trinajstić information content (AvgIpc) is 2.53. The number of hydrogen-bond donors (Lipinski definition) is 0. The molecule has 0 aromatic carbocycles. The highest BCUT2D eigenvalue weighted by Gasteiger charge is 2.57. The van der Waals surface area contributed by atoms with Crippen molar-refractivity contribution in [2.24, 2.45) is 11.3 Å². The lowest BCUT2D eigenvalue weighted by Gasteiger charge is -2.09. The molecule has 2 nitrogen and oxygen atoms in total. The standard InChI is InChI=1S/C10H16O2/c1-2-12-9(11)7-10-5-3-4-8(10)6-10/h8H,2-7H2,1H3/t8-,10+/m0/s1. The molecule has 0 aromatic rings. The highest BCUT2D eigenvalue weighted by atomic mass is 16.5.